The number of imidazole rings is 1. The maximum Gasteiger partial charge on any atom is 0.362 e. The van der Waals surface area contributed by atoms with Gasteiger partial charge >= 0.3 is 6.87 Å². The van der Waals surface area contributed by atoms with Crippen LogP contribution in [0.4, 0.5) is 5.82 Å². The molecule has 250 valence electrons. The molecule has 14 heteroatoms. The molecule has 4 aromatic rings. The highest BCUT2D eigenvalue weighted by atomic mass is 35.7. The van der Waals surface area contributed by atoms with Crippen molar-refractivity contribution < 1.29 is 18.3 Å². The van der Waals surface area contributed by atoms with E-state index in [1.807, 2.05) is 23.7 Å². The Morgan fingerprint density at radius 1 is 1.06 bits per heavy atom. The summed E-state index contributed by atoms with van der Waals surface area (Å²) in [4.78, 5) is 20.7. The molecule has 6 rings (SSSR count). The van der Waals surface area contributed by atoms with Crippen LogP contribution in [0.3, 0.4) is 0 Å². The second-order valence-corrected chi connectivity index (χ2v) is 20.8. The quantitative estimate of drug-likeness (QED) is 0.152. The minimum Gasteiger partial charge on any atom is -0.402 e. The van der Waals surface area contributed by atoms with Gasteiger partial charge in [0.25, 0.3) is 8.32 Å². The van der Waals surface area contributed by atoms with Gasteiger partial charge in [-0.1, -0.05) is 81.4 Å². The first-order chi connectivity index (χ1) is 22.4. The van der Waals surface area contributed by atoms with Crippen molar-refractivity contribution in [2.75, 3.05) is 34.3 Å². The molecule has 11 nitrogen and oxygen atoms in total. The fourth-order valence-corrected chi connectivity index (χ4v) is 12.0. The molecule has 2 aromatic carbocycles. The van der Waals surface area contributed by atoms with E-state index in [-0.39, 0.29) is 11.6 Å². The van der Waals surface area contributed by atoms with Crippen molar-refractivity contribution in [1.82, 2.24) is 29.1 Å². The van der Waals surface area contributed by atoms with Crippen molar-refractivity contribution in [2.24, 2.45) is 4.99 Å². The first-order valence-electron chi connectivity index (χ1n) is 15.9. The van der Waals surface area contributed by atoms with Crippen LogP contribution < -0.4 is 10.4 Å². The van der Waals surface area contributed by atoms with Crippen molar-refractivity contribution in [3.8, 4) is 0 Å². The number of halogens is 1. The summed E-state index contributed by atoms with van der Waals surface area (Å²) >= 11 is 6.33. The van der Waals surface area contributed by atoms with Crippen molar-refractivity contribution in [3.63, 3.8) is 0 Å². The van der Waals surface area contributed by atoms with E-state index in [1.165, 1.54) is 11.0 Å². The molecule has 0 spiro atoms. The molecule has 0 amide bonds. The Kier molecular flexibility index (Phi) is 9.75. The van der Waals surface area contributed by atoms with Crippen LogP contribution >= 0.6 is 18.1 Å². The first-order valence-corrected chi connectivity index (χ1v) is 20.3. The Hall–Kier alpha value is -2.96. The molecule has 0 radical (unpaired) electrons. The summed E-state index contributed by atoms with van der Waals surface area (Å²) in [6, 6.07) is 20.9. The Labute approximate surface area is 282 Å². The lowest BCUT2D eigenvalue weighted by atomic mass is 10.2. The number of benzene rings is 2. The van der Waals surface area contributed by atoms with E-state index in [0.29, 0.717) is 23.4 Å². The molecule has 0 saturated carbocycles. The van der Waals surface area contributed by atoms with Gasteiger partial charge in [0.15, 0.2) is 17.0 Å². The molecule has 2 fully saturated rings. The maximum atomic E-state index is 13.1. The lowest BCUT2D eigenvalue weighted by Crippen LogP contribution is -2.68. The van der Waals surface area contributed by atoms with E-state index in [0.717, 1.165) is 35.6 Å². The number of rotatable bonds is 10. The van der Waals surface area contributed by atoms with Crippen LogP contribution in [0, 0.1) is 0 Å². The smallest absolute Gasteiger partial charge is 0.362 e. The molecule has 2 aliphatic rings. The number of aromatic nitrogens is 4. The second-order valence-electron chi connectivity index (χ2n) is 13.4. The minimum atomic E-state index is -3.57. The zero-order valence-electron chi connectivity index (χ0n) is 27.8. The summed E-state index contributed by atoms with van der Waals surface area (Å²) in [6.45, 7) is 4.10. The number of fused-ring (bicyclic) bond motifs is 1. The van der Waals surface area contributed by atoms with Gasteiger partial charge in [0.05, 0.1) is 19.0 Å². The first kappa shape index (κ1) is 33.9. The van der Waals surface area contributed by atoms with Crippen molar-refractivity contribution >= 4 is 59.6 Å². The van der Waals surface area contributed by atoms with Gasteiger partial charge < -0.3 is 18.6 Å². The van der Waals surface area contributed by atoms with Gasteiger partial charge in [0.2, 0.25) is 0 Å². The largest absolute Gasteiger partial charge is 0.402 e. The van der Waals surface area contributed by atoms with Crippen LogP contribution in [-0.2, 0) is 18.3 Å². The van der Waals surface area contributed by atoms with Crippen LogP contribution in [0.1, 0.15) is 46.3 Å². The third-order valence-corrected chi connectivity index (χ3v) is 16.7. The van der Waals surface area contributed by atoms with E-state index in [1.54, 1.807) is 20.4 Å². The monoisotopic (exact) mass is 695 g/mol. The summed E-state index contributed by atoms with van der Waals surface area (Å²) in [5.41, 5.74) is 1.22. The molecule has 2 saturated heterocycles. The lowest BCUT2D eigenvalue weighted by Gasteiger charge is -2.45. The fraction of sp³-hybridized carbons (Fsp3) is 0.455. The topological polar surface area (TPSA) is 107 Å². The van der Waals surface area contributed by atoms with Crippen LogP contribution in [0.5, 0.6) is 0 Å². The number of aliphatic imine (C=N–C) groups is 1. The van der Waals surface area contributed by atoms with Gasteiger partial charge in [-0.15, -0.1) is 0 Å². The summed E-state index contributed by atoms with van der Waals surface area (Å²) in [6.07, 6.45) is 4.17. The number of nitrogens with zero attached hydrogens (tertiary/aromatic N) is 7. The zero-order chi connectivity index (χ0) is 33.4. The molecule has 0 bridgehead atoms. The van der Waals surface area contributed by atoms with E-state index in [2.05, 4.69) is 84.2 Å². The third-order valence-electron chi connectivity index (χ3n) is 9.02. The molecule has 2 aliphatic heterocycles. The number of likely N-dealkylation sites (tertiary alicyclic amines) is 1. The Morgan fingerprint density at radius 2 is 1.72 bits per heavy atom. The van der Waals surface area contributed by atoms with Gasteiger partial charge in [-0.25, -0.2) is 24.6 Å². The maximum absolute atomic E-state index is 13.1. The molecule has 4 atom stereocenters. The normalized spacial score (nSPS) is 22.9. The van der Waals surface area contributed by atoms with Crippen LogP contribution in [0.25, 0.3) is 11.2 Å². The van der Waals surface area contributed by atoms with Crippen molar-refractivity contribution in [1.29, 1.82) is 0 Å². The molecule has 0 unspecified atom stereocenters. The van der Waals surface area contributed by atoms with Crippen LogP contribution in [0.2, 0.25) is 5.04 Å². The summed E-state index contributed by atoms with van der Waals surface area (Å²) < 4.78 is 36.5. The number of hydrogen-bond donors (Lipinski definition) is 0. The highest BCUT2D eigenvalue weighted by Gasteiger charge is 2.54. The number of amidine groups is 1. The molecule has 0 N–H and O–H groups in total. The fourth-order valence-electron chi connectivity index (χ4n) is 6.53. The standard InChI is InChI=1S/C33H43ClN7O4PSi/c1-33(2,3)47(24-14-9-7-10-15-24,25-16-11-8-12-17-25)45-26-20-29(44-27(26)21-43-46(34,42)39(4)5)41-23-37-30-31(35-22-36-32(30)41)38-28-18-13-19-40(28)6/h7-12,14-17,22-23,26-27,29H,13,18-21H2,1-6H3/b38-28+/t26-,27+,29+,46-/m0/s1. The zero-order valence-corrected chi connectivity index (χ0v) is 30.4. The molecular weight excluding hydrogens is 653 g/mol. The van der Waals surface area contributed by atoms with E-state index < -0.39 is 33.6 Å². The molecule has 0 aliphatic carbocycles. The Morgan fingerprint density at radius 3 is 2.30 bits per heavy atom. The lowest BCUT2D eigenvalue weighted by molar-refractivity contribution is -0.0355. The third kappa shape index (κ3) is 6.70. The Balaban J connectivity index is 1.40. The molecule has 4 heterocycles. The minimum absolute atomic E-state index is 0.0226. The van der Waals surface area contributed by atoms with E-state index in [4.69, 9.17) is 34.9 Å². The average molecular weight is 696 g/mol. The van der Waals surface area contributed by atoms with Gasteiger partial charge in [0, 0.05) is 26.4 Å². The Bertz CT molecular complexity index is 1730. The predicted molar refractivity (Wildman–Crippen MR) is 188 cm³/mol. The summed E-state index contributed by atoms with van der Waals surface area (Å²) in [7, 11) is 2.32. The molecule has 2 aromatic heterocycles. The highest BCUT2D eigenvalue weighted by molar-refractivity contribution is 7.83. The number of ether oxygens (including phenoxy) is 1. The predicted octanol–water partition coefficient (Wildman–Crippen LogP) is 5.74. The highest BCUT2D eigenvalue weighted by Crippen LogP contribution is 2.54. The van der Waals surface area contributed by atoms with E-state index in [9.17, 15) is 4.57 Å². The van der Waals surface area contributed by atoms with E-state index >= 15 is 0 Å². The van der Waals surface area contributed by atoms with Crippen molar-refractivity contribution in [3.05, 3.63) is 73.3 Å². The van der Waals surface area contributed by atoms with Crippen LogP contribution in [0.15, 0.2) is 78.3 Å². The van der Waals surface area contributed by atoms with Gasteiger partial charge in [-0.2, -0.15) is 0 Å². The number of hydrogen-bond acceptors (Lipinski definition) is 8. The summed E-state index contributed by atoms with van der Waals surface area (Å²) in [5.74, 6) is 1.52. The van der Waals surface area contributed by atoms with Crippen LogP contribution in [-0.4, -0.2) is 89.7 Å². The second kappa shape index (κ2) is 13.5. The van der Waals surface area contributed by atoms with Gasteiger partial charge in [0.1, 0.15) is 24.5 Å². The SMILES string of the molecule is CN1CCC/C1=N\c1ncnc2c1ncn2[C@H]1C[C@H](O[Si](c2ccccc2)(c2ccccc2)C(C)(C)C)[C@@H](CO[P@@](=O)(Cl)N(C)C)O1. The molecule has 47 heavy (non-hydrogen) atoms. The van der Waals surface area contributed by atoms with Crippen molar-refractivity contribution in [2.45, 2.75) is 63.5 Å². The van der Waals surface area contributed by atoms with Gasteiger partial charge in [-0.3, -0.25) is 9.13 Å². The molecular formula is C33H43ClN7O4PSi. The van der Waals surface area contributed by atoms with Gasteiger partial charge in [-0.05, 0) is 47.2 Å². The summed E-state index contributed by atoms with van der Waals surface area (Å²) in [5, 5.41) is 2.04. The average Bonchev–Trinajstić information content (AvgIpc) is 3.77.